The molecule has 8 rings (SSSR count). The van der Waals surface area contributed by atoms with Crippen LogP contribution in [0.1, 0.15) is 48.0 Å². The molecule has 1 saturated carbocycles. The Balaban J connectivity index is 1.18. The molecule has 22 N–H and O–H groups in total. The van der Waals surface area contributed by atoms with E-state index >= 15 is 4.79 Å². The van der Waals surface area contributed by atoms with E-state index in [0.717, 1.165) is 41.9 Å². The van der Waals surface area contributed by atoms with Gasteiger partial charge in [-0.3, -0.25) is 24.0 Å². The Morgan fingerprint density at radius 2 is 0.645 bits per heavy atom. The fourth-order valence-electron chi connectivity index (χ4n) is 14.3. The highest BCUT2D eigenvalue weighted by Crippen LogP contribution is 2.41. The number of esters is 1. The normalized spacial score (nSPS) is 46.1. The molecular weight excluding hydrogens is 1460 g/mol. The molecule has 7 aliphatic heterocycles. The van der Waals surface area contributed by atoms with E-state index < -0.39 is 325 Å². The Labute approximate surface area is 606 Å². The Hall–Kier alpha value is -5.44. The van der Waals surface area contributed by atoms with Gasteiger partial charge in [0.2, 0.25) is 23.6 Å². The van der Waals surface area contributed by atoms with Crippen LogP contribution in [0.25, 0.3) is 0 Å². The lowest BCUT2D eigenvalue weighted by Gasteiger charge is -2.50. The van der Waals surface area contributed by atoms with Gasteiger partial charge in [-0.25, -0.2) is 14.4 Å². The van der Waals surface area contributed by atoms with Gasteiger partial charge in [-0.05, 0) is 20.3 Å². The van der Waals surface area contributed by atoms with Gasteiger partial charge in [0.25, 0.3) is 0 Å². The molecule has 8 fully saturated rings. The molecule has 0 aromatic carbocycles. The molecule has 40 atom stereocenters. The van der Waals surface area contributed by atoms with Crippen LogP contribution in [-0.4, -0.2) is 419 Å². The van der Waals surface area contributed by atoms with Crippen molar-refractivity contribution in [3.8, 4) is 0 Å². The summed E-state index contributed by atoms with van der Waals surface area (Å²) in [5, 5.41) is 211. The summed E-state index contributed by atoms with van der Waals surface area (Å²) in [6.45, 7) is 2.50. The second-order valence-electron chi connectivity index (χ2n) is 27.0. The minimum atomic E-state index is -2.54. The second kappa shape index (κ2) is 37.3. The van der Waals surface area contributed by atoms with Crippen LogP contribution < -0.4 is 21.3 Å². The number of amides is 4. The van der Waals surface area contributed by atoms with Gasteiger partial charge in [0.1, 0.15) is 165 Å². The number of ether oxygens (including phenoxy) is 16. The zero-order chi connectivity index (χ0) is 79.4. The third-order valence-electron chi connectivity index (χ3n) is 19.6. The fourth-order valence-corrected chi connectivity index (χ4v) is 14.3. The highest BCUT2D eigenvalue weighted by Gasteiger charge is 2.61. The van der Waals surface area contributed by atoms with Crippen LogP contribution in [0.15, 0.2) is 0 Å². The SMILES string of the molecule is COC1C(C(=O)O)OC(OC2C(O)C(CO)OC(OC3C(C(=O)OCC4OC(OC5C(C(=O)O)OC(OC6C(O)C(CO)O[C@H](C)C6NC(C)=O)C(O)C5O)C(NC(C)=O)C(OC5OC(C(=O)O)C(OC)C(O)C5O)C4O)CC(OC4C(O)C(CO)O[C@@H](C)C4NC(C)=O)C(O)C3O)C2NC(C)=O)C(O)C1O. The average Bonchev–Trinajstić information content (AvgIpc) is 0.763. The van der Waals surface area contributed by atoms with E-state index in [1.54, 1.807) is 0 Å². The number of carboxylic acids is 3. The predicted octanol–water partition coefficient (Wildman–Crippen LogP) is -14.0. The smallest absolute Gasteiger partial charge is 0.335 e. The van der Waals surface area contributed by atoms with Crippen LogP contribution in [0.5, 0.6) is 0 Å². The number of hydrogen-bond donors (Lipinski definition) is 22. The molecule has 0 aromatic heterocycles. The summed E-state index contributed by atoms with van der Waals surface area (Å²) < 4.78 is 92.4. The van der Waals surface area contributed by atoms with Crippen molar-refractivity contribution in [3.63, 3.8) is 0 Å². The fraction of sp³-hybridized carbons (Fsp3) is 0.869. The van der Waals surface area contributed by atoms with Crippen LogP contribution in [0.2, 0.25) is 0 Å². The maximum Gasteiger partial charge on any atom is 0.335 e. The molecule has 1 aliphatic carbocycles. The Bertz CT molecular complexity index is 3020. The van der Waals surface area contributed by atoms with Crippen molar-refractivity contribution in [3.05, 3.63) is 0 Å². The summed E-state index contributed by atoms with van der Waals surface area (Å²) in [5.41, 5.74) is 0. The van der Waals surface area contributed by atoms with Crippen molar-refractivity contribution in [2.24, 2.45) is 5.92 Å². The lowest BCUT2D eigenvalue weighted by atomic mass is 9.80. The van der Waals surface area contributed by atoms with Crippen LogP contribution in [0, 0.1) is 5.92 Å². The number of carbonyl (C=O) groups is 8. The number of aliphatic hydroxyl groups excluding tert-OH is 15. The monoisotopic (exact) mass is 1560 g/mol. The van der Waals surface area contributed by atoms with E-state index in [0.29, 0.717) is 0 Å². The number of carboxylic acid groups (broad SMARTS) is 3. The summed E-state index contributed by atoms with van der Waals surface area (Å²) in [6.07, 6.45) is -73.5. The van der Waals surface area contributed by atoms with E-state index in [9.17, 15) is 125 Å². The maximum atomic E-state index is 15.4. The number of nitrogens with one attached hydrogen (secondary N) is 4. The summed E-state index contributed by atoms with van der Waals surface area (Å²) in [6, 6.07) is -6.79. The van der Waals surface area contributed by atoms with Gasteiger partial charge < -0.3 is 189 Å². The number of aliphatic hydroxyl groups is 15. The van der Waals surface area contributed by atoms with Gasteiger partial charge in [-0.15, -0.1) is 0 Å². The largest absolute Gasteiger partial charge is 0.479 e. The van der Waals surface area contributed by atoms with Crippen molar-refractivity contribution in [2.45, 2.75) is 287 Å². The van der Waals surface area contributed by atoms with Crippen molar-refractivity contribution >= 4 is 47.5 Å². The van der Waals surface area contributed by atoms with Gasteiger partial charge in [0.15, 0.2) is 49.8 Å². The number of aliphatic carboxylic acids is 3. The van der Waals surface area contributed by atoms with E-state index in [4.69, 9.17) is 75.8 Å². The molecule has 8 aliphatic rings. The predicted molar refractivity (Wildman–Crippen MR) is 332 cm³/mol. The molecule has 0 radical (unpaired) electrons. The second-order valence-corrected chi connectivity index (χ2v) is 27.0. The molecule has 612 valence electrons. The summed E-state index contributed by atoms with van der Waals surface area (Å²) in [5.74, 6) is -12.8. The van der Waals surface area contributed by atoms with Crippen LogP contribution >= 0.6 is 0 Å². The van der Waals surface area contributed by atoms with Gasteiger partial charge in [0, 0.05) is 41.9 Å². The van der Waals surface area contributed by atoms with Crippen molar-refractivity contribution in [2.75, 3.05) is 40.6 Å². The number of methoxy groups -OCH3 is 2. The Morgan fingerprint density at radius 3 is 1.01 bits per heavy atom. The number of hydrogen-bond acceptors (Lipinski definition) is 39. The van der Waals surface area contributed by atoms with E-state index in [2.05, 4.69) is 21.3 Å². The minimum Gasteiger partial charge on any atom is -0.479 e. The molecule has 0 bridgehead atoms. The van der Waals surface area contributed by atoms with Gasteiger partial charge in [-0.1, -0.05) is 0 Å². The maximum absolute atomic E-state index is 15.4. The van der Waals surface area contributed by atoms with Crippen LogP contribution in [0.4, 0.5) is 0 Å². The highest BCUT2D eigenvalue weighted by molar-refractivity contribution is 5.76. The molecule has 4 amide bonds. The third kappa shape index (κ3) is 19.2. The first-order valence-electron chi connectivity index (χ1n) is 33.8. The van der Waals surface area contributed by atoms with Crippen molar-refractivity contribution in [1.29, 1.82) is 0 Å². The van der Waals surface area contributed by atoms with Gasteiger partial charge in [0.05, 0.1) is 56.1 Å². The van der Waals surface area contributed by atoms with Gasteiger partial charge >= 0.3 is 23.9 Å². The molecule has 7 saturated heterocycles. The minimum absolute atomic E-state index is 0.702. The molecule has 0 spiro atoms. The third-order valence-corrected chi connectivity index (χ3v) is 19.6. The lowest BCUT2D eigenvalue weighted by molar-refractivity contribution is -0.367. The first kappa shape index (κ1) is 87.1. The van der Waals surface area contributed by atoms with Gasteiger partial charge in [-0.2, -0.15) is 0 Å². The van der Waals surface area contributed by atoms with E-state index in [-0.39, 0.29) is 0 Å². The molecule has 38 unspecified atom stereocenters. The first-order chi connectivity index (χ1) is 50.3. The zero-order valence-corrected chi connectivity index (χ0v) is 58.5. The molecule has 46 heteroatoms. The molecule has 107 heavy (non-hydrogen) atoms. The van der Waals surface area contributed by atoms with Crippen LogP contribution in [-0.2, 0) is 114 Å². The molecule has 7 heterocycles. The summed E-state index contributed by atoms with van der Waals surface area (Å²) in [7, 11) is 1.93. The Kier molecular flexibility index (Phi) is 30.3. The Morgan fingerprint density at radius 1 is 0.346 bits per heavy atom. The average molecular weight is 1560 g/mol. The van der Waals surface area contributed by atoms with Crippen molar-refractivity contribution < 1.29 is 206 Å². The molecule has 0 aromatic rings. The number of rotatable bonds is 27. The van der Waals surface area contributed by atoms with Crippen molar-refractivity contribution in [1.82, 2.24) is 21.3 Å². The zero-order valence-electron chi connectivity index (χ0n) is 58.5. The quantitative estimate of drug-likeness (QED) is 0.0340. The summed E-state index contributed by atoms with van der Waals surface area (Å²) >= 11 is 0. The van der Waals surface area contributed by atoms with Crippen LogP contribution in [0.3, 0.4) is 0 Å². The molecule has 46 nitrogen and oxygen atoms in total. The van der Waals surface area contributed by atoms with E-state index in [1.807, 2.05) is 0 Å². The standard InChI is InChI=1S/C61H96N4O42/c1-14-26(62-16(3)69)43(31(74)22(10-66)95-14)97-21-9-20(42(35(78)30(21)73)100-57-28(64-18(5)71)45(33(76)24(12-68)98-57)102-59-39(82)36(79)47(92-7)50(105-59)53(85)86)56(91)94-13-25-34(77)46(103-60-40(83)37(80)48(93-8)51(106-60)54(87)88)29(65-19(6)72)58(99-25)104-49-38(81)41(84)61(107-52(49)55(89)90)101-44-27(63-17(4)70)15(2)96-23(11-67)32(44)75/h14-15,20-52,57-61,66-68,73-84H,9-13H2,1-8H3,(H,62,69)(H,63,70)(H,64,71)(H,65,72)(H,85,86)(H,87,88)(H,89,90)/t14-,15+,20?,21?,22?,23?,24?,25?,26?,27?,28?,29?,30?,31?,32?,33?,34?,35?,36?,37?,38?,39?,40?,41?,42?,43?,44?,45?,46?,47?,48?,49?,50?,51?,52?,57?,58?,59?,60?,61?/m0/s1. The lowest BCUT2D eigenvalue weighted by Crippen LogP contribution is -2.71. The first-order valence-corrected chi connectivity index (χ1v) is 33.8. The number of carbonyl (C=O) groups excluding carboxylic acids is 5. The molecular formula is C61H96N4O42. The topological polar surface area (TPSA) is 697 Å². The highest BCUT2D eigenvalue weighted by atomic mass is 16.8. The summed E-state index contributed by atoms with van der Waals surface area (Å²) in [4.78, 5) is 105. The van der Waals surface area contributed by atoms with E-state index in [1.165, 1.54) is 13.8 Å².